The second-order valence-electron chi connectivity index (χ2n) is 5.98. The molecule has 0 aromatic heterocycles. The molecule has 1 N–H and O–H groups in total. The molecule has 5 heteroatoms. The Labute approximate surface area is 147 Å². The highest BCUT2D eigenvalue weighted by Gasteiger charge is 2.21. The molecule has 0 bridgehead atoms. The highest BCUT2D eigenvalue weighted by atomic mass is 16.7. The van der Waals surface area contributed by atoms with E-state index in [0.29, 0.717) is 12.8 Å². The molecular weight excluding hydrogens is 316 g/mol. The van der Waals surface area contributed by atoms with Gasteiger partial charge < -0.3 is 4.84 Å². The molecular formula is C20H22N2O3. The molecule has 1 atom stereocenters. The van der Waals surface area contributed by atoms with Crippen molar-refractivity contribution in [3.63, 3.8) is 0 Å². The Morgan fingerprint density at radius 1 is 1.12 bits per heavy atom. The SMILES string of the molecule is CC(=O)ONC(=O)C(CCCCCC#N)c1ccc2ccccc2c1. The molecule has 0 saturated carbocycles. The van der Waals surface area contributed by atoms with Crippen LogP contribution in [0.25, 0.3) is 10.8 Å². The molecule has 2 rings (SSSR count). The number of nitrogens with zero attached hydrogens (tertiary/aromatic N) is 1. The van der Waals surface area contributed by atoms with Crippen molar-refractivity contribution in [3.05, 3.63) is 48.0 Å². The fourth-order valence-corrected chi connectivity index (χ4v) is 2.80. The van der Waals surface area contributed by atoms with Crippen molar-refractivity contribution in [2.75, 3.05) is 0 Å². The van der Waals surface area contributed by atoms with Gasteiger partial charge >= 0.3 is 5.97 Å². The third kappa shape index (κ3) is 5.61. The van der Waals surface area contributed by atoms with Gasteiger partial charge in [0.1, 0.15) is 0 Å². The number of carbonyl (C=O) groups excluding carboxylic acids is 2. The molecule has 0 aliphatic heterocycles. The van der Waals surface area contributed by atoms with Crippen LogP contribution < -0.4 is 5.48 Å². The number of unbranched alkanes of at least 4 members (excludes halogenated alkanes) is 3. The Balaban J connectivity index is 2.14. The Hall–Kier alpha value is -2.87. The van der Waals surface area contributed by atoms with Gasteiger partial charge in [0, 0.05) is 13.3 Å². The Morgan fingerprint density at radius 2 is 1.88 bits per heavy atom. The quantitative estimate of drug-likeness (QED) is 0.611. The highest BCUT2D eigenvalue weighted by molar-refractivity contribution is 5.88. The highest BCUT2D eigenvalue weighted by Crippen LogP contribution is 2.26. The van der Waals surface area contributed by atoms with Gasteiger partial charge in [-0.25, -0.2) is 0 Å². The maximum Gasteiger partial charge on any atom is 0.329 e. The topological polar surface area (TPSA) is 79.2 Å². The van der Waals surface area contributed by atoms with Crippen LogP contribution in [0.1, 0.15) is 50.5 Å². The average molecular weight is 338 g/mol. The first-order valence-corrected chi connectivity index (χ1v) is 8.44. The van der Waals surface area contributed by atoms with Gasteiger partial charge in [0.2, 0.25) is 0 Å². The summed E-state index contributed by atoms with van der Waals surface area (Å²) >= 11 is 0. The van der Waals surface area contributed by atoms with E-state index in [4.69, 9.17) is 5.26 Å². The molecule has 25 heavy (non-hydrogen) atoms. The number of carbonyl (C=O) groups is 2. The Morgan fingerprint density at radius 3 is 2.60 bits per heavy atom. The lowest BCUT2D eigenvalue weighted by molar-refractivity contribution is -0.156. The first-order chi connectivity index (χ1) is 12.1. The number of hydrogen-bond donors (Lipinski definition) is 1. The number of hydroxylamine groups is 1. The Kier molecular flexibility index (Phi) is 6.97. The van der Waals surface area contributed by atoms with Crippen LogP contribution in [0.15, 0.2) is 42.5 Å². The lowest BCUT2D eigenvalue weighted by Gasteiger charge is -2.17. The average Bonchev–Trinajstić information content (AvgIpc) is 2.62. The minimum atomic E-state index is -0.556. The first kappa shape index (κ1) is 18.5. The zero-order chi connectivity index (χ0) is 18.1. The molecule has 0 fully saturated rings. The van der Waals surface area contributed by atoms with Gasteiger partial charge in [-0.1, -0.05) is 55.3 Å². The van der Waals surface area contributed by atoms with Crippen LogP contribution in [0.2, 0.25) is 0 Å². The van der Waals surface area contributed by atoms with E-state index in [9.17, 15) is 9.59 Å². The van der Waals surface area contributed by atoms with E-state index < -0.39 is 11.9 Å². The first-order valence-electron chi connectivity index (χ1n) is 8.44. The number of hydrogen-bond acceptors (Lipinski definition) is 4. The number of amides is 1. The summed E-state index contributed by atoms with van der Waals surface area (Å²) in [5.41, 5.74) is 3.13. The molecule has 130 valence electrons. The van der Waals surface area contributed by atoms with E-state index in [0.717, 1.165) is 35.6 Å². The van der Waals surface area contributed by atoms with Gasteiger partial charge in [0.25, 0.3) is 5.91 Å². The van der Waals surface area contributed by atoms with Gasteiger partial charge in [-0.05, 0) is 29.2 Å². The van der Waals surface area contributed by atoms with Crippen molar-refractivity contribution in [1.82, 2.24) is 5.48 Å². The number of nitriles is 1. The summed E-state index contributed by atoms with van der Waals surface area (Å²) in [6.45, 7) is 1.24. The molecule has 0 aliphatic rings. The predicted molar refractivity (Wildman–Crippen MR) is 95.3 cm³/mol. The molecule has 2 aromatic carbocycles. The summed E-state index contributed by atoms with van der Waals surface area (Å²) in [6.07, 6.45) is 3.70. The third-order valence-electron chi connectivity index (χ3n) is 4.07. The predicted octanol–water partition coefficient (Wildman–Crippen LogP) is 3.99. The molecule has 5 nitrogen and oxygen atoms in total. The summed E-state index contributed by atoms with van der Waals surface area (Å²) in [5.74, 6) is -1.28. The van der Waals surface area contributed by atoms with E-state index in [-0.39, 0.29) is 5.91 Å². The fourth-order valence-electron chi connectivity index (χ4n) is 2.80. The fraction of sp³-hybridized carbons (Fsp3) is 0.350. The minimum Gasteiger partial charge on any atom is -0.341 e. The maximum absolute atomic E-state index is 12.5. The summed E-state index contributed by atoms with van der Waals surface area (Å²) < 4.78 is 0. The van der Waals surface area contributed by atoms with Crippen molar-refractivity contribution in [1.29, 1.82) is 5.26 Å². The summed E-state index contributed by atoms with van der Waals surface area (Å²) in [5, 5.41) is 10.8. The number of rotatable bonds is 7. The van der Waals surface area contributed by atoms with E-state index >= 15 is 0 Å². The van der Waals surface area contributed by atoms with Gasteiger partial charge in [-0.3, -0.25) is 9.59 Å². The molecule has 0 saturated heterocycles. The summed E-state index contributed by atoms with van der Waals surface area (Å²) in [6, 6.07) is 16.0. The van der Waals surface area contributed by atoms with E-state index in [1.165, 1.54) is 6.92 Å². The smallest absolute Gasteiger partial charge is 0.329 e. The zero-order valence-corrected chi connectivity index (χ0v) is 14.3. The van der Waals surface area contributed by atoms with Crippen LogP contribution >= 0.6 is 0 Å². The van der Waals surface area contributed by atoms with Crippen molar-refractivity contribution >= 4 is 22.6 Å². The van der Waals surface area contributed by atoms with Crippen LogP contribution in [-0.2, 0) is 14.4 Å². The summed E-state index contributed by atoms with van der Waals surface area (Å²) in [7, 11) is 0. The lowest BCUT2D eigenvalue weighted by Crippen LogP contribution is -2.31. The van der Waals surface area contributed by atoms with E-state index in [1.54, 1.807) is 0 Å². The zero-order valence-electron chi connectivity index (χ0n) is 14.3. The molecule has 1 amide bonds. The van der Waals surface area contributed by atoms with E-state index in [1.807, 2.05) is 42.5 Å². The number of fused-ring (bicyclic) bond motifs is 1. The monoisotopic (exact) mass is 338 g/mol. The van der Waals surface area contributed by atoms with Crippen molar-refractivity contribution < 1.29 is 14.4 Å². The van der Waals surface area contributed by atoms with Gasteiger partial charge in [0.05, 0.1) is 12.0 Å². The Bertz CT molecular complexity index is 780. The largest absolute Gasteiger partial charge is 0.341 e. The van der Waals surface area contributed by atoms with Crippen LogP contribution in [0.5, 0.6) is 0 Å². The molecule has 0 spiro atoms. The van der Waals surface area contributed by atoms with Crippen LogP contribution in [0, 0.1) is 11.3 Å². The van der Waals surface area contributed by atoms with Gasteiger partial charge in [-0.15, -0.1) is 0 Å². The van der Waals surface area contributed by atoms with Gasteiger partial charge in [-0.2, -0.15) is 10.7 Å². The van der Waals surface area contributed by atoms with Crippen LogP contribution in [0.4, 0.5) is 0 Å². The van der Waals surface area contributed by atoms with Crippen molar-refractivity contribution in [2.45, 2.75) is 44.9 Å². The van der Waals surface area contributed by atoms with Crippen LogP contribution in [-0.4, -0.2) is 11.9 Å². The van der Waals surface area contributed by atoms with E-state index in [2.05, 4.69) is 16.4 Å². The van der Waals surface area contributed by atoms with Crippen molar-refractivity contribution in [3.8, 4) is 6.07 Å². The molecule has 1 unspecified atom stereocenters. The second-order valence-corrected chi connectivity index (χ2v) is 5.98. The van der Waals surface area contributed by atoms with Gasteiger partial charge in [0.15, 0.2) is 0 Å². The maximum atomic E-state index is 12.5. The minimum absolute atomic E-state index is 0.328. The second kappa shape index (κ2) is 9.43. The molecule has 2 aromatic rings. The molecule has 0 heterocycles. The number of nitrogens with one attached hydrogen (secondary N) is 1. The standard InChI is InChI=1S/C20H22N2O3/c1-15(23)25-22-20(24)19(10-4-2-3-7-13-21)18-12-11-16-8-5-6-9-17(16)14-18/h5-6,8-9,11-12,14,19H,2-4,7,10H2,1H3,(H,22,24). The molecule has 0 aliphatic carbocycles. The normalized spacial score (nSPS) is 11.5. The third-order valence-corrected chi connectivity index (χ3v) is 4.07. The van der Waals surface area contributed by atoms with Crippen LogP contribution in [0.3, 0.4) is 0 Å². The molecule has 0 radical (unpaired) electrons. The lowest BCUT2D eigenvalue weighted by atomic mass is 9.91. The summed E-state index contributed by atoms with van der Waals surface area (Å²) in [4.78, 5) is 28.1. The number of benzene rings is 2. The van der Waals surface area contributed by atoms with Crippen molar-refractivity contribution in [2.24, 2.45) is 0 Å².